The van der Waals surface area contributed by atoms with Crippen molar-refractivity contribution in [1.29, 1.82) is 0 Å². The number of hydrogen-bond donors (Lipinski definition) is 2. The van der Waals surface area contributed by atoms with Crippen LogP contribution in [0.5, 0.6) is 0 Å². The minimum atomic E-state index is 0.168. The van der Waals surface area contributed by atoms with Gasteiger partial charge in [-0.3, -0.25) is 9.89 Å². The fraction of sp³-hybridized carbons (Fsp3) is 0.562. The van der Waals surface area contributed by atoms with Crippen molar-refractivity contribution in [2.45, 2.75) is 44.9 Å². The highest BCUT2D eigenvalue weighted by molar-refractivity contribution is 5.78. The molecule has 116 valence electrons. The van der Waals surface area contributed by atoms with Crippen LogP contribution < -0.4 is 0 Å². The summed E-state index contributed by atoms with van der Waals surface area (Å²) in [6.07, 6.45) is 6.36. The first-order valence-electron chi connectivity index (χ1n) is 8.05. The van der Waals surface area contributed by atoms with Gasteiger partial charge in [-0.05, 0) is 31.7 Å². The first-order chi connectivity index (χ1) is 10.7. The number of rotatable bonds is 3. The van der Waals surface area contributed by atoms with Crippen molar-refractivity contribution in [3.05, 3.63) is 34.7 Å². The van der Waals surface area contributed by atoms with Crippen LogP contribution in [0.25, 0.3) is 0 Å². The highest BCUT2D eigenvalue weighted by Crippen LogP contribution is 2.41. The van der Waals surface area contributed by atoms with E-state index < -0.39 is 0 Å². The van der Waals surface area contributed by atoms with Crippen LogP contribution in [0.1, 0.15) is 47.1 Å². The van der Waals surface area contributed by atoms with Crippen molar-refractivity contribution in [1.82, 2.24) is 25.1 Å². The second kappa shape index (κ2) is 5.26. The molecule has 2 aromatic heterocycles. The molecule has 6 heteroatoms. The lowest BCUT2D eigenvalue weighted by atomic mass is 10.1. The average Bonchev–Trinajstić information content (AvgIpc) is 3.22. The van der Waals surface area contributed by atoms with Crippen molar-refractivity contribution in [3.8, 4) is 0 Å². The van der Waals surface area contributed by atoms with Crippen LogP contribution in [0.3, 0.4) is 0 Å². The Morgan fingerprint density at radius 1 is 1.36 bits per heavy atom. The fourth-order valence-corrected chi connectivity index (χ4v) is 3.27. The maximum Gasteiger partial charge on any atom is 0.228 e. The van der Waals surface area contributed by atoms with Gasteiger partial charge in [0.2, 0.25) is 5.91 Å². The summed E-state index contributed by atoms with van der Waals surface area (Å²) in [5, 5.41) is 7.70. The van der Waals surface area contributed by atoms with Crippen molar-refractivity contribution in [2.24, 2.45) is 0 Å². The first kappa shape index (κ1) is 13.5. The van der Waals surface area contributed by atoms with E-state index in [1.165, 1.54) is 29.8 Å². The lowest BCUT2D eigenvalue weighted by Gasteiger charge is -2.20. The third-order valence-electron chi connectivity index (χ3n) is 4.82. The number of aryl methyl sites for hydroxylation is 1. The molecule has 0 saturated heterocycles. The van der Waals surface area contributed by atoms with Crippen LogP contribution in [-0.2, 0) is 24.1 Å². The van der Waals surface area contributed by atoms with Crippen LogP contribution in [0.4, 0.5) is 0 Å². The van der Waals surface area contributed by atoms with Gasteiger partial charge < -0.3 is 9.88 Å². The molecule has 2 aromatic rings. The number of aromatic nitrogens is 4. The van der Waals surface area contributed by atoms with E-state index >= 15 is 0 Å². The molecule has 6 nitrogen and oxygen atoms in total. The van der Waals surface area contributed by atoms with E-state index in [1.54, 1.807) is 6.33 Å². The number of carbonyl (C=O) groups is 1. The summed E-state index contributed by atoms with van der Waals surface area (Å²) < 4.78 is 0. The van der Waals surface area contributed by atoms with Crippen LogP contribution in [0, 0.1) is 6.92 Å². The molecule has 4 rings (SSSR count). The Bertz CT molecular complexity index is 697. The van der Waals surface area contributed by atoms with Gasteiger partial charge >= 0.3 is 0 Å². The number of carbonyl (C=O) groups excluding carboxylic acids is 1. The maximum atomic E-state index is 12.5. The molecule has 0 unspecified atom stereocenters. The Morgan fingerprint density at radius 2 is 2.18 bits per heavy atom. The third kappa shape index (κ3) is 2.42. The first-order valence-corrected chi connectivity index (χ1v) is 8.05. The molecular formula is C16H21N5O. The molecule has 0 spiro atoms. The Balaban J connectivity index is 1.45. The monoisotopic (exact) mass is 299 g/mol. The lowest BCUT2D eigenvalue weighted by Crippen LogP contribution is -2.34. The average molecular weight is 299 g/mol. The molecule has 2 N–H and O–H groups in total. The predicted octanol–water partition coefficient (Wildman–Crippen LogP) is 1.49. The zero-order chi connectivity index (χ0) is 15.1. The van der Waals surface area contributed by atoms with E-state index in [0.717, 1.165) is 37.3 Å². The second-order valence-electron chi connectivity index (χ2n) is 6.37. The molecule has 0 atom stereocenters. The molecule has 22 heavy (non-hydrogen) atoms. The Kier molecular flexibility index (Phi) is 3.24. The molecule has 1 fully saturated rings. The van der Waals surface area contributed by atoms with E-state index in [2.05, 4.69) is 20.2 Å². The molecule has 1 aliphatic heterocycles. The van der Waals surface area contributed by atoms with Gasteiger partial charge in [-0.2, -0.15) is 5.10 Å². The highest BCUT2D eigenvalue weighted by Gasteiger charge is 2.31. The van der Waals surface area contributed by atoms with E-state index in [4.69, 9.17) is 0 Å². The molecule has 2 aliphatic rings. The van der Waals surface area contributed by atoms with Gasteiger partial charge in [-0.1, -0.05) is 0 Å². The fourth-order valence-electron chi connectivity index (χ4n) is 3.27. The summed E-state index contributed by atoms with van der Waals surface area (Å²) in [5.74, 6) is 0.829. The normalized spacial score (nSPS) is 18.1. The number of aromatic amines is 2. The van der Waals surface area contributed by atoms with Gasteiger partial charge in [0.1, 0.15) is 0 Å². The van der Waals surface area contributed by atoms with Gasteiger partial charge in [-0.25, -0.2) is 4.98 Å². The summed E-state index contributed by atoms with van der Waals surface area (Å²) in [7, 11) is 0. The summed E-state index contributed by atoms with van der Waals surface area (Å²) in [6, 6.07) is 0. The minimum absolute atomic E-state index is 0.168. The van der Waals surface area contributed by atoms with E-state index in [0.29, 0.717) is 12.3 Å². The zero-order valence-corrected chi connectivity index (χ0v) is 12.9. The van der Waals surface area contributed by atoms with Gasteiger partial charge in [0.15, 0.2) is 0 Å². The topological polar surface area (TPSA) is 77.7 Å². The van der Waals surface area contributed by atoms with E-state index in [-0.39, 0.29) is 5.91 Å². The quantitative estimate of drug-likeness (QED) is 0.901. The van der Waals surface area contributed by atoms with E-state index in [9.17, 15) is 4.79 Å². The van der Waals surface area contributed by atoms with Gasteiger partial charge in [0.05, 0.1) is 24.1 Å². The van der Waals surface area contributed by atoms with Crippen molar-refractivity contribution in [2.75, 3.05) is 13.1 Å². The SMILES string of the molecule is Cc1[nH]cnc1CC(=O)N1CCc2[nH]nc(C3CC3)c2CC1. The molecular weight excluding hydrogens is 278 g/mol. The summed E-state index contributed by atoms with van der Waals surface area (Å²) >= 11 is 0. The highest BCUT2D eigenvalue weighted by atomic mass is 16.2. The Labute approximate surface area is 129 Å². The molecule has 1 aliphatic carbocycles. The summed E-state index contributed by atoms with van der Waals surface area (Å²) in [6.45, 7) is 3.51. The number of amides is 1. The molecule has 0 radical (unpaired) electrons. The predicted molar refractivity (Wildman–Crippen MR) is 81.6 cm³/mol. The maximum absolute atomic E-state index is 12.5. The third-order valence-corrected chi connectivity index (χ3v) is 4.82. The smallest absolute Gasteiger partial charge is 0.228 e. The largest absolute Gasteiger partial charge is 0.348 e. The molecule has 3 heterocycles. The zero-order valence-electron chi connectivity index (χ0n) is 12.9. The number of imidazole rings is 1. The second-order valence-corrected chi connectivity index (χ2v) is 6.37. The standard InChI is InChI=1S/C16H21N5O/c1-10-14(18-9-17-10)8-15(22)21-6-4-12-13(5-7-21)19-20-16(12)11-2-3-11/h9,11H,2-8H2,1H3,(H,17,18)(H,19,20). The lowest BCUT2D eigenvalue weighted by molar-refractivity contribution is -0.130. The van der Waals surface area contributed by atoms with Gasteiger partial charge in [0.25, 0.3) is 0 Å². The van der Waals surface area contributed by atoms with Gasteiger partial charge in [-0.15, -0.1) is 0 Å². The van der Waals surface area contributed by atoms with Crippen LogP contribution in [0.2, 0.25) is 0 Å². The minimum Gasteiger partial charge on any atom is -0.348 e. The van der Waals surface area contributed by atoms with Crippen LogP contribution in [0.15, 0.2) is 6.33 Å². The van der Waals surface area contributed by atoms with Crippen molar-refractivity contribution < 1.29 is 4.79 Å². The number of hydrogen-bond acceptors (Lipinski definition) is 3. The molecule has 1 amide bonds. The van der Waals surface area contributed by atoms with Gasteiger partial charge in [0, 0.05) is 36.8 Å². The Hall–Kier alpha value is -2.11. The number of nitrogens with one attached hydrogen (secondary N) is 2. The number of fused-ring (bicyclic) bond motifs is 1. The van der Waals surface area contributed by atoms with Crippen molar-refractivity contribution in [3.63, 3.8) is 0 Å². The van der Waals surface area contributed by atoms with Crippen LogP contribution in [-0.4, -0.2) is 44.1 Å². The summed E-state index contributed by atoms with van der Waals surface area (Å²) in [4.78, 5) is 21.8. The molecule has 0 bridgehead atoms. The molecule has 1 saturated carbocycles. The number of nitrogens with zero attached hydrogens (tertiary/aromatic N) is 3. The molecule has 0 aromatic carbocycles. The number of H-pyrrole nitrogens is 2. The Morgan fingerprint density at radius 3 is 2.91 bits per heavy atom. The van der Waals surface area contributed by atoms with E-state index in [1.807, 2.05) is 11.8 Å². The van der Waals surface area contributed by atoms with Crippen molar-refractivity contribution >= 4 is 5.91 Å². The summed E-state index contributed by atoms with van der Waals surface area (Å²) in [5.41, 5.74) is 5.69. The van der Waals surface area contributed by atoms with Crippen LogP contribution >= 0.6 is 0 Å².